The van der Waals surface area contributed by atoms with E-state index in [1.54, 1.807) is 11.3 Å². The molecule has 3 heterocycles. The molecule has 7 aromatic rings. The number of hydrogen-bond acceptors (Lipinski definition) is 6. The number of hydrogen-bond donors (Lipinski definition) is 1. The van der Waals surface area contributed by atoms with Gasteiger partial charge in [-0.05, 0) is 119 Å². The van der Waals surface area contributed by atoms with E-state index in [4.69, 9.17) is 26.4 Å². The molecule has 0 aliphatic heterocycles. The fourth-order valence-corrected chi connectivity index (χ4v) is 8.78. The third kappa shape index (κ3) is 7.14. The average Bonchev–Trinajstić information content (AvgIpc) is 4.04. The SMILES string of the molecule is Cc1cc2nc(-c3ccc4c(c3)c(C3CC3)nn4C)sc2c(-c2ccc(Cl)cc2)c1[C@H](OC(C)(C)C)C(=O)O.Cn1nc(C2CC2)c2cc(Br)ccc21. The summed E-state index contributed by atoms with van der Waals surface area (Å²) in [7, 11) is 4.01. The van der Waals surface area contributed by atoms with Gasteiger partial charge in [0.15, 0.2) is 6.10 Å². The Bertz CT molecular complexity index is 2540. The van der Waals surface area contributed by atoms with Gasteiger partial charge in [0, 0.05) is 62.9 Å². The predicted octanol–water partition coefficient (Wildman–Crippen LogP) is 11.5. The van der Waals surface area contributed by atoms with Crippen LogP contribution in [0.5, 0.6) is 0 Å². The average molecular weight is 811 g/mol. The normalized spacial score (nSPS) is 15.2. The lowest BCUT2D eigenvalue weighted by molar-refractivity contribution is -0.160. The van der Waals surface area contributed by atoms with Crippen LogP contribution in [0.15, 0.2) is 71.2 Å². The lowest BCUT2D eigenvalue weighted by atomic mass is 9.91. The molecule has 53 heavy (non-hydrogen) atoms. The van der Waals surface area contributed by atoms with Crippen LogP contribution in [-0.2, 0) is 23.6 Å². The minimum absolute atomic E-state index is 0.539. The molecule has 0 spiro atoms. The molecule has 1 atom stereocenters. The highest BCUT2D eigenvalue weighted by atomic mass is 79.9. The zero-order chi connectivity index (χ0) is 37.3. The summed E-state index contributed by atoms with van der Waals surface area (Å²) in [6.07, 6.45) is 3.84. The molecule has 9 rings (SSSR count). The lowest BCUT2D eigenvalue weighted by Gasteiger charge is -2.28. The van der Waals surface area contributed by atoms with Gasteiger partial charge in [-0.25, -0.2) is 9.78 Å². The fourth-order valence-electron chi connectivity index (χ4n) is 7.17. The molecule has 0 unspecified atom stereocenters. The van der Waals surface area contributed by atoms with E-state index >= 15 is 0 Å². The summed E-state index contributed by atoms with van der Waals surface area (Å²) < 4.78 is 12.1. The zero-order valence-corrected chi connectivity index (χ0v) is 33.7. The number of carboxylic acid groups (broad SMARTS) is 1. The molecule has 8 nitrogen and oxygen atoms in total. The summed E-state index contributed by atoms with van der Waals surface area (Å²) in [5, 5.41) is 23.7. The highest BCUT2D eigenvalue weighted by molar-refractivity contribution is 9.10. The van der Waals surface area contributed by atoms with E-state index < -0.39 is 17.7 Å². The summed E-state index contributed by atoms with van der Waals surface area (Å²) in [5.74, 6) is 0.228. The number of fused-ring (bicyclic) bond motifs is 3. The van der Waals surface area contributed by atoms with Crippen LogP contribution in [0.1, 0.15) is 86.9 Å². The van der Waals surface area contributed by atoms with E-state index in [-0.39, 0.29) is 0 Å². The van der Waals surface area contributed by atoms with Crippen molar-refractivity contribution in [2.75, 3.05) is 0 Å². The molecule has 11 heteroatoms. The van der Waals surface area contributed by atoms with E-state index in [1.165, 1.54) is 53.4 Å². The van der Waals surface area contributed by atoms with Crippen molar-refractivity contribution in [3.05, 3.63) is 98.7 Å². The van der Waals surface area contributed by atoms with Crippen molar-refractivity contribution in [2.24, 2.45) is 14.1 Å². The Balaban J connectivity index is 0.000000237. The molecule has 2 fully saturated rings. The fraction of sp³-hybridized carbons (Fsp3) is 0.333. The summed E-state index contributed by atoms with van der Waals surface area (Å²) in [6.45, 7) is 7.54. The molecule has 4 aromatic carbocycles. The zero-order valence-electron chi connectivity index (χ0n) is 30.6. The van der Waals surface area contributed by atoms with Gasteiger partial charge in [-0.3, -0.25) is 9.36 Å². The molecule has 0 radical (unpaired) electrons. The molecular formula is C42H41BrClN5O3S. The van der Waals surface area contributed by atoms with Crippen molar-refractivity contribution >= 4 is 76.9 Å². The van der Waals surface area contributed by atoms with Crippen molar-refractivity contribution in [1.82, 2.24) is 24.5 Å². The highest BCUT2D eigenvalue weighted by Gasteiger charge is 2.33. The third-order valence-electron chi connectivity index (χ3n) is 9.91. The van der Waals surface area contributed by atoms with Gasteiger partial charge in [-0.15, -0.1) is 11.3 Å². The van der Waals surface area contributed by atoms with Crippen molar-refractivity contribution in [3.8, 4) is 21.7 Å². The van der Waals surface area contributed by atoms with Gasteiger partial charge in [0.2, 0.25) is 0 Å². The van der Waals surface area contributed by atoms with Gasteiger partial charge in [-0.1, -0.05) is 39.7 Å². The number of rotatable bonds is 7. The van der Waals surface area contributed by atoms with E-state index in [0.29, 0.717) is 22.4 Å². The Kier molecular flexibility index (Phi) is 9.24. The van der Waals surface area contributed by atoms with Gasteiger partial charge in [0.1, 0.15) is 5.01 Å². The molecule has 0 amide bonds. The second-order valence-corrected chi connectivity index (χ2v) is 17.6. The van der Waals surface area contributed by atoms with Crippen LogP contribution in [-0.4, -0.2) is 41.2 Å². The number of benzene rings is 4. The summed E-state index contributed by atoms with van der Waals surface area (Å²) >= 11 is 11.3. The molecule has 2 aliphatic rings. The molecule has 272 valence electrons. The van der Waals surface area contributed by atoms with Crippen LogP contribution >= 0.6 is 38.9 Å². The highest BCUT2D eigenvalue weighted by Crippen LogP contribution is 2.47. The molecule has 2 aliphatic carbocycles. The van der Waals surface area contributed by atoms with E-state index in [9.17, 15) is 9.90 Å². The number of nitrogens with zero attached hydrogens (tertiary/aromatic N) is 5. The monoisotopic (exact) mass is 809 g/mol. The first-order valence-corrected chi connectivity index (χ1v) is 19.9. The first-order chi connectivity index (χ1) is 25.3. The van der Waals surface area contributed by atoms with Crippen LogP contribution in [0.2, 0.25) is 5.02 Å². The van der Waals surface area contributed by atoms with E-state index in [0.717, 1.165) is 47.5 Å². The Morgan fingerprint density at radius 1 is 0.887 bits per heavy atom. The predicted molar refractivity (Wildman–Crippen MR) is 218 cm³/mol. The molecule has 0 bridgehead atoms. The van der Waals surface area contributed by atoms with Gasteiger partial charge >= 0.3 is 5.97 Å². The topological polar surface area (TPSA) is 95.1 Å². The number of aliphatic carboxylic acids is 1. The second-order valence-electron chi connectivity index (χ2n) is 15.3. The van der Waals surface area contributed by atoms with Gasteiger partial charge < -0.3 is 9.84 Å². The van der Waals surface area contributed by atoms with Crippen molar-refractivity contribution in [2.45, 2.75) is 76.9 Å². The second kappa shape index (κ2) is 13.6. The number of carbonyl (C=O) groups is 1. The van der Waals surface area contributed by atoms with Crippen molar-refractivity contribution in [3.63, 3.8) is 0 Å². The Hall–Kier alpha value is -4.09. The van der Waals surface area contributed by atoms with Crippen LogP contribution in [0.25, 0.3) is 53.7 Å². The summed E-state index contributed by atoms with van der Waals surface area (Å²) in [5.41, 5.74) is 9.16. The number of halogens is 2. The number of thiazole rings is 1. The minimum atomic E-state index is -1.14. The first kappa shape index (κ1) is 35.9. The van der Waals surface area contributed by atoms with Gasteiger partial charge in [0.25, 0.3) is 0 Å². The number of aryl methyl sites for hydroxylation is 3. The Morgan fingerprint density at radius 2 is 1.45 bits per heavy atom. The largest absolute Gasteiger partial charge is 0.479 e. The maximum absolute atomic E-state index is 12.6. The van der Waals surface area contributed by atoms with Crippen molar-refractivity contribution < 1.29 is 14.6 Å². The smallest absolute Gasteiger partial charge is 0.337 e. The molecular weight excluding hydrogens is 770 g/mol. The number of ether oxygens (including phenoxy) is 1. The van der Waals surface area contributed by atoms with Crippen LogP contribution in [0.3, 0.4) is 0 Å². The van der Waals surface area contributed by atoms with Crippen LogP contribution < -0.4 is 0 Å². The number of aromatic nitrogens is 5. The molecule has 2 saturated carbocycles. The lowest BCUT2D eigenvalue weighted by Crippen LogP contribution is -2.28. The summed E-state index contributed by atoms with van der Waals surface area (Å²) in [4.78, 5) is 17.6. The first-order valence-electron chi connectivity index (χ1n) is 18.0. The van der Waals surface area contributed by atoms with E-state index in [2.05, 4.69) is 57.4 Å². The molecule has 0 saturated heterocycles. The maximum Gasteiger partial charge on any atom is 0.337 e. The Morgan fingerprint density at radius 3 is 2.02 bits per heavy atom. The van der Waals surface area contributed by atoms with Crippen molar-refractivity contribution in [1.29, 1.82) is 0 Å². The number of carboxylic acids is 1. The minimum Gasteiger partial charge on any atom is -0.479 e. The maximum atomic E-state index is 12.6. The molecule has 3 aromatic heterocycles. The summed E-state index contributed by atoms with van der Waals surface area (Å²) in [6, 6.07) is 22.3. The quantitative estimate of drug-likeness (QED) is 0.172. The Labute approximate surface area is 325 Å². The van der Waals surface area contributed by atoms with E-state index in [1.807, 2.05) is 81.5 Å². The third-order valence-corrected chi connectivity index (χ3v) is 11.8. The van der Waals surface area contributed by atoms with Gasteiger partial charge in [0.05, 0.1) is 38.2 Å². The van der Waals surface area contributed by atoms with Gasteiger partial charge in [-0.2, -0.15) is 10.2 Å². The van der Waals surface area contributed by atoms with Crippen LogP contribution in [0.4, 0.5) is 0 Å². The van der Waals surface area contributed by atoms with Crippen LogP contribution in [0, 0.1) is 6.92 Å². The molecule has 1 N–H and O–H groups in total. The standard InChI is InChI=1S/C31H30ClN3O3S.C11H11BrN2/c1-16-14-22-28(25(17-8-11-20(32)12-9-17)24(16)27(30(36)37)38-31(2,3)4)39-29(33-22)19-10-13-23-21(15-19)26(18-6-7-18)34-35(23)5;1-14-10-5-4-8(12)6-9(10)11(13-14)7-2-3-7/h8-15,18,27H,6-7H2,1-5H3,(H,36,37);4-7H,2-3H2,1H3/t27-;/m0./s1.